The van der Waals surface area contributed by atoms with E-state index in [0.717, 1.165) is 65.5 Å². The summed E-state index contributed by atoms with van der Waals surface area (Å²) in [5.41, 5.74) is 5.11. The Bertz CT molecular complexity index is 1210. The maximum Gasteiger partial charge on any atom is 0.128 e. The van der Waals surface area contributed by atoms with Crippen molar-refractivity contribution in [2.45, 2.75) is 13.0 Å². The predicted octanol–water partition coefficient (Wildman–Crippen LogP) is 5.31. The van der Waals surface area contributed by atoms with Crippen LogP contribution in [0, 0.1) is 0 Å². The minimum absolute atomic E-state index is 0.798. The van der Waals surface area contributed by atoms with E-state index in [9.17, 15) is 0 Å². The minimum Gasteiger partial charge on any atom is -0.497 e. The molecule has 0 saturated heterocycles. The average molecular weight is 456 g/mol. The third kappa shape index (κ3) is 5.83. The maximum absolute atomic E-state index is 5.44. The smallest absolute Gasteiger partial charge is 0.128 e. The number of benzene rings is 2. The summed E-state index contributed by atoms with van der Waals surface area (Å²) in [5.74, 6) is 1.73. The van der Waals surface area contributed by atoms with Crippen LogP contribution in [0.5, 0.6) is 5.75 Å². The van der Waals surface area contributed by atoms with Gasteiger partial charge in [0.2, 0.25) is 0 Å². The molecular weight excluding hydrogens is 422 g/mol. The summed E-state index contributed by atoms with van der Waals surface area (Å²) in [4.78, 5) is 14.0. The van der Waals surface area contributed by atoms with Crippen LogP contribution in [-0.4, -0.2) is 56.2 Å². The van der Waals surface area contributed by atoms with Crippen molar-refractivity contribution in [1.82, 2.24) is 14.9 Å². The van der Waals surface area contributed by atoms with E-state index in [1.54, 1.807) is 7.11 Å². The van der Waals surface area contributed by atoms with Crippen LogP contribution in [0.25, 0.3) is 22.2 Å². The van der Waals surface area contributed by atoms with Gasteiger partial charge in [-0.15, -0.1) is 0 Å². The molecule has 0 amide bonds. The van der Waals surface area contributed by atoms with Gasteiger partial charge in [0, 0.05) is 49.0 Å². The van der Waals surface area contributed by atoms with E-state index in [1.165, 1.54) is 5.56 Å². The van der Waals surface area contributed by atoms with Crippen LogP contribution in [0.3, 0.4) is 0 Å². The molecule has 1 N–H and O–H groups in total. The molecule has 0 fully saturated rings. The minimum atomic E-state index is 0.798. The van der Waals surface area contributed by atoms with Gasteiger partial charge in [0.25, 0.3) is 0 Å². The lowest BCUT2D eigenvalue weighted by Crippen LogP contribution is -2.17. The number of anilines is 2. The Labute approximate surface area is 202 Å². The lowest BCUT2D eigenvalue weighted by Gasteiger charge is -2.18. The van der Waals surface area contributed by atoms with Crippen molar-refractivity contribution in [2.75, 3.05) is 51.6 Å². The second-order valence-electron chi connectivity index (χ2n) is 8.77. The molecule has 0 aliphatic rings. The van der Waals surface area contributed by atoms with Crippen LogP contribution in [0.4, 0.5) is 11.5 Å². The summed E-state index contributed by atoms with van der Waals surface area (Å²) in [7, 11) is 7.94. The number of fused-ring (bicyclic) bond motifs is 1. The molecule has 2 heterocycles. The molecular formula is C28H33N5O. The Morgan fingerprint density at radius 2 is 1.76 bits per heavy atom. The molecule has 0 bridgehead atoms. The first kappa shape index (κ1) is 23.5. The van der Waals surface area contributed by atoms with Crippen molar-refractivity contribution in [1.29, 1.82) is 0 Å². The van der Waals surface area contributed by atoms with Crippen LogP contribution >= 0.6 is 0 Å². The van der Waals surface area contributed by atoms with E-state index >= 15 is 0 Å². The van der Waals surface area contributed by atoms with Gasteiger partial charge in [-0.05, 0) is 63.0 Å². The van der Waals surface area contributed by atoms with E-state index in [0.29, 0.717) is 0 Å². The third-order valence-electron chi connectivity index (χ3n) is 5.81. The molecule has 0 aliphatic carbocycles. The first-order valence-electron chi connectivity index (χ1n) is 11.6. The molecule has 2 aromatic carbocycles. The van der Waals surface area contributed by atoms with E-state index in [4.69, 9.17) is 14.7 Å². The average Bonchev–Trinajstić information content (AvgIpc) is 2.86. The van der Waals surface area contributed by atoms with Crippen molar-refractivity contribution in [3.63, 3.8) is 0 Å². The largest absolute Gasteiger partial charge is 0.497 e. The van der Waals surface area contributed by atoms with Crippen LogP contribution in [0.15, 0.2) is 72.9 Å². The molecule has 6 nitrogen and oxygen atoms in total. The molecule has 34 heavy (non-hydrogen) atoms. The third-order valence-corrected chi connectivity index (χ3v) is 5.81. The quantitative estimate of drug-likeness (QED) is 0.327. The molecule has 2 aromatic heterocycles. The van der Waals surface area contributed by atoms with Crippen molar-refractivity contribution in [3.8, 4) is 17.0 Å². The van der Waals surface area contributed by atoms with Gasteiger partial charge in [-0.2, -0.15) is 0 Å². The van der Waals surface area contributed by atoms with Crippen molar-refractivity contribution >= 4 is 22.4 Å². The van der Waals surface area contributed by atoms with Crippen molar-refractivity contribution in [2.24, 2.45) is 0 Å². The van der Waals surface area contributed by atoms with Gasteiger partial charge in [-0.1, -0.05) is 30.3 Å². The van der Waals surface area contributed by atoms with Crippen LogP contribution in [0.2, 0.25) is 0 Å². The zero-order valence-electron chi connectivity index (χ0n) is 20.5. The topological polar surface area (TPSA) is 53.5 Å². The molecule has 0 radical (unpaired) electrons. The molecule has 4 aromatic rings. The summed E-state index contributed by atoms with van der Waals surface area (Å²) >= 11 is 0. The zero-order chi connectivity index (χ0) is 23.9. The van der Waals surface area contributed by atoms with Crippen LogP contribution in [-0.2, 0) is 6.54 Å². The molecule has 0 aliphatic heterocycles. The van der Waals surface area contributed by atoms with Gasteiger partial charge in [-0.25, -0.2) is 9.97 Å². The fourth-order valence-corrected chi connectivity index (χ4v) is 3.95. The number of hydrogen-bond acceptors (Lipinski definition) is 6. The second-order valence-corrected chi connectivity index (χ2v) is 8.77. The SMILES string of the molecule is COc1ccc2c(NCCCN(C)C)cc(-c3ccc(N(C)Cc4ccccc4)nc3)nc2c1. The Hall–Kier alpha value is -3.64. The Morgan fingerprint density at radius 1 is 0.941 bits per heavy atom. The van der Waals surface area contributed by atoms with Crippen LogP contribution < -0.4 is 15.0 Å². The highest BCUT2D eigenvalue weighted by Gasteiger charge is 2.11. The van der Waals surface area contributed by atoms with Gasteiger partial charge in [-0.3, -0.25) is 0 Å². The van der Waals surface area contributed by atoms with Crippen LogP contribution in [0.1, 0.15) is 12.0 Å². The number of aromatic nitrogens is 2. The van der Waals surface area contributed by atoms with Gasteiger partial charge in [0.1, 0.15) is 11.6 Å². The Kier molecular flexibility index (Phi) is 7.60. The molecule has 0 spiro atoms. The summed E-state index contributed by atoms with van der Waals surface area (Å²) < 4.78 is 5.44. The van der Waals surface area contributed by atoms with Crippen molar-refractivity contribution in [3.05, 3.63) is 78.5 Å². The van der Waals surface area contributed by atoms with Gasteiger partial charge in [0.15, 0.2) is 0 Å². The zero-order valence-corrected chi connectivity index (χ0v) is 20.5. The van der Waals surface area contributed by atoms with E-state index in [2.05, 4.69) is 84.8 Å². The van der Waals surface area contributed by atoms with Gasteiger partial charge < -0.3 is 19.9 Å². The number of methoxy groups -OCH3 is 1. The second kappa shape index (κ2) is 11.0. The maximum atomic E-state index is 5.44. The standard InChI is InChI=1S/C28H33N5O/c1-32(2)16-8-15-29-26-18-25(31-27-17-23(34-4)12-13-24(26)27)22-11-14-28(30-19-22)33(3)20-21-9-6-5-7-10-21/h5-7,9-14,17-19H,8,15-16,20H2,1-4H3,(H,29,31). The molecule has 0 saturated carbocycles. The highest BCUT2D eigenvalue weighted by Crippen LogP contribution is 2.31. The molecule has 0 unspecified atom stereocenters. The summed E-state index contributed by atoms with van der Waals surface area (Å²) in [6.45, 7) is 2.74. The highest BCUT2D eigenvalue weighted by molar-refractivity contribution is 5.94. The number of nitrogens with one attached hydrogen (secondary N) is 1. The number of nitrogens with zero attached hydrogens (tertiary/aromatic N) is 4. The van der Waals surface area contributed by atoms with E-state index in [1.807, 2.05) is 24.4 Å². The Balaban J connectivity index is 1.59. The monoisotopic (exact) mass is 455 g/mol. The van der Waals surface area contributed by atoms with Crippen molar-refractivity contribution < 1.29 is 4.74 Å². The number of ether oxygens (including phenoxy) is 1. The molecule has 6 heteroatoms. The lowest BCUT2D eigenvalue weighted by atomic mass is 10.1. The van der Waals surface area contributed by atoms with E-state index < -0.39 is 0 Å². The normalized spacial score (nSPS) is 11.1. The van der Waals surface area contributed by atoms with Gasteiger partial charge in [0.05, 0.1) is 18.3 Å². The number of hydrogen-bond donors (Lipinski definition) is 1. The predicted molar refractivity (Wildman–Crippen MR) is 142 cm³/mol. The Morgan fingerprint density at radius 3 is 2.47 bits per heavy atom. The molecule has 4 rings (SSSR count). The van der Waals surface area contributed by atoms with Gasteiger partial charge >= 0.3 is 0 Å². The fraction of sp³-hybridized carbons (Fsp3) is 0.286. The summed E-state index contributed by atoms with van der Waals surface area (Å²) in [6.07, 6.45) is 2.97. The number of rotatable bonds is 10. The molecule has 0 atom stereocenters. The van der Waals surface area contributed by atoms with E-state index in [-0.39, 0.29) is 0 Å². The molecule has 176 valence electrons. The first-order valence-corrected chi connectivity index (χ1v) is 11.6. The first-order chi connectivity index (χ1) is 16.5. The fourth-order valence-electron chi connectivity index (χ4n) is 3.95. The number of pyridine rings is 2. The lowest BCUT2D eigenvalue weighted by molar-refractivity contribution is 0.405. The highest BCUT2D eigenvalue weighted by atomic mass is 16.5. The summed E-state index contributed by atoms with van der Waals surface area (Å²) in [5, 5.41) is 4.70. The summed E-state index contributed by atoms with van der Waals surface area (Å²) in [6, 6.07) is 22.7.